The molecule has 0 aliphatic carbocycles. The predicted molar refractivity (Wildman–Crippen MR) is 63.6 cm³/mol. The summed E-state index contributed by atoms with van der Waals surface area (Å²) in [6.45, 7) is 3.90. The highest BCUT2D eigenvalue weighted by Gasteiger charge is 1.97. The first-order valence-corrected chi connectivity index (χ1v) is 5.05. The lowest BCUT2D eigenvalue weighted by Crippen LogP contribution is -2.19. The fraction of sp³-hybridized carbons (Fsp3) is 0.231. The minimum absolute atomic E-state index is 0.0611. The second kappa shape index (κ2) is 5.72. The Hall–Kier alpha value is -2.08. The number of nitrogens with zero attached hydrogens (tertiary/aromatic N) is 1. The molecule has 0 bridgehead atoms. The Labute approximate surface area is 95.4 Å². The highest BCUT2D eigenvalue weighted by Crippen LogP contribution is 2.12. The third-order valence-electron chi connectivity index (χ3n) is 2.10. The van der Waals surface area contributed by atoms with E-state index in [0.29, 0.717) is 12.1 Å². The summed E-state index contributed by atoms with van der Waals surface area (Å²) in [6.07, 6.45) is 3.67. The smallest absolute Gasteiger partial charge is 0.217 e. The zero-order valence-electron chi connectivity index (χ0n) is 9.45. The van der Waals surface area contributed by atoms with Crippen LogP contribution in [0.1, 0.15) is 23.6 Å². The molecule has 1 aromatic carbocycles. The van der Waals surface area contributed by atoms with Gasteiger partial charge in [-0.1, -0.05) is 24.3 Å². The van der Waals surface area contributed by atoms with Crippen LogP contribution in [0.3, 0.4) is 0 Å². The maximum atomic E-state index is 10.6. The average Bonchev–Trinajstić information content (AvgIpc) is 2.25. The van der Waals surface area contributed by atoms with Gasteiger partial charge in [0, 0.05) is 13.5 Å². The minimum atomic E-state index is -0.0611. The van der Waals surface area contributed by atoms with Gasteiger partial charge in [-0.15, -0.1) is 0 Å². The van der Waals surface area contributed by atoms with Gasteiger partial charge in [-0.3, -0.25) is 4.79 Å². The molecule has 16 heavy (non-hydrogen) atoms. The molecular formula is C13H14N2O. The molecule has 0 aromatic heterocycles. The normalized spacial score (nSPS) is 10.1. The van der Waals surface area contributed by atoms with Crippen LogP contribution in [0.4, 0.5) is 0 Å². The summed E-state index contributed by atoms with van der Waals surface area (Å²) in [7, 11) is 0. The van der Waals surface area contributed by atoms with Crippen molar-refractivity contribution in [1.29, 1.82) is 5.26 Å². The highest BCUT2D eigenvalue weighted by molar-refractivity contribution is 5.73. The van der Waals surface area contributed by atoms with Crippen molar-refractivity contribution in [3.63, 3.8) is 0 Å². The number of carbonyl (C=O) groups is 1. The molecule has 0 saturated heterocycles. The summed E-state index contributed by atoms with van der Waals surface area (Å²) in [4.78, 5) is 10.6. The number of hydrogen-bond donors (Lipinski definition) is 1. The molecule has 3 heteroatoms. The molecule has 1 amide bonds. The van der Waals surface area contributed by atoms with E-state index in [1.807, 2.05) is 37.3 Å². The monoisotopic (exact) mass is 214 g/mol. The summed E-state index contributed by atoms with van der Waals surface area (Å²) in [5, 5.41) is 11.6. The number of aryl methyl sites for hydroxylation is 1. The van der Waals surface area contributed by atoms with E-state index in [1.54, 1.807) is 0 Å². The fourth-order valence-electron chi connectivity index (χ4n) is 1.30. The maximum Gasteiger partial charge on any atom is 0.217 e. The van der Waals surface area contributed by atoms with Gasteiger partial charge in [-0.25, -0.2) is 0 Å². The standard InChI is InChI=1S/C13H14N2O/c1-10-5-6-12(13(8-10)9-14)4-3-7-15-11(2)16/h3-6,8H,7H2,1-2H3,(H,15,16). The van der Waals surface area contributed by atoms with E-state index in [4.69, 9.17) is 5.26 Å². The molecule has 1 rings (SSSR count). The van der Waals surface area contributed by atoms with Crippen LogP contribution in [0.25, 0.3) is 6.08 Å². The van der Waals surface area contributed by atoms with Crippen molar-refractivity contribution in [2.75, 3.05) is 6.54 Å². The average molecular weight is 214 g/mol. The Bertz CT molecular complexity index is 455. The first-order chi connectivity index (χ1) is 7.63. The third kappa shape index (κ3) is 3.58. The van der Waals surface area contributed by atoms with Crippen LogP contribution in [0.5, 0.6) is 0 Å². The van der Waals surface area contributed by atoms with Crippen LogP contribution in [-0.2, 0) is 4.79 Å². The number of nitriles is 1. The second-order valence-corrected chi connectivity index (χ2v) is 3.54. The van der Waals surface area contributed by atoms with Gasteiger partial charge in [0.15, 0.2) is 0 Å². The first kappa shape index (κ1) is 12.0. The summed E-state index contributed by atoms with van der Waals surface area (Å²) in [5.74, 6) is -0.0611. The Balaban J connectivity index is 2.74. The molecule has 82 valence electrons. The lowest BCUT2D eigenvalue weighted by Gasteiger charge is -1.99. The van der Waals surface area contributed by atoms with E-state index < -0.39 is 0 Å². The van der Waals surface area contributed by atoms with Crippen molar-refractivity contribution in [1.82, 2.24) is 5.32 Å². The van der Waals surface area contributed by atoms with Crippen molar-refractivity contribution >= 4 is 12.0 Å². The zero-order valence-corrected chi connectivity index (χ0v) is 9.45. The van der Waals surface area contributed by atoms with Crippen molar-refractivity contribution < 1.29 is 4.79 Å². The molecule has 1 N–H and O–H groups in total. The molecule has 1 aromatic rings. The van der Waals surface area contributed by atoms with Gasteiger partial charge in [-0.05, 0) is 24.1 Å². The van der Waals surface area contributed by atoms with Crippen molar-refractivity contribution in [2.24, 2.45) is 0 Å². The van der Waals surface area contributed by atoms with E-state index in [0.717, 1.165) is 11.1 Å². The number of rotatable bonds is 3. The van der Waals surface area contributed by atoms with E-state index in [2.05, 4.69) is 11.4 Å². The Morgan fingerprint density at radius 2 is 2.31 bits per heavy atom. The minimum Gasteiger partial charge on any atom is -0.353 e. The molecule has 3 nitrogen and oxygen atoms in total. The molecule has 0 fully saturated rings. The topological polar surface area (TPSA) is 52.9 Å². The van der Waals surface area contributed by atoms with Gasteiger partial charge in [-0.2, -0.15) is 5.26 Å². The largest absolute Gasteiger partial charge is 0.353 e. The van der Waals surface area contributed by atoms with Crippen LogP contribution in [0.2, 0.25) is 0 Å². The molecular weight excluding hydrogens is 200 g/mol. The van der Waals surface area contributed by atoms with E-state index in [1.165, 1.54) is 6.92 Å². The van der Waals surface area contributed by atoms with Crippen LogP contribution in [-0.4, -0.2) is 12.5 Å². The van der Waals surface area contributed by atoms with Gasteiger partial charge in [0.25, 0.3) is 0 Å². The van der Waals surface area contributed by atoms with E-state index in [-0.39, 0.29) is 5.91 Å². The quantitative estimate of drug-likeness (QED) is 0.836. The SMILES string of the molecule is CC(=O)NCC=Cc1ccc(C)cc1C#N. The molecule has 0 radical (unpaired) electrons. The van der Waals surface area contributed by atoms with Gasteiger partial charge in [0.1, 0.15) is 0 Å². The number of amides is 1. The molecule has 0 saturated carbocycles. The lowest BCUT2D eigenvalue weighted by molar-refractivity contribution is -0.118. The van der Waals surface area contributed by atoms with Gasteiger partial charge < -0.3 is 5.32 Å². The maximum absolute atomic E-state index is 10.6. The number of hydrogen-bond acceptors (Lipinski definition) is 2. The second-order valence-electron chi connectivity index (χ2n) is 3.54. The molecule has 0 aliphatic heterocycles. The fourth-order valence-corrected chi connectivity index (χ4v) is 1.30. The number of benzene rings is 1. The summed E-state index contributed by atoms with van der Waals surface area (Å²) >= 11 is 0. The summed E-state index contributed by atoms with van der Waals surface area (Å²) in [5.41, 5.74) is 2.59. The predicted octanol–water partition coefficient (Wildman–Crippen LogP) is 2.02. The molecule has 0 heterocycles. The van der Waals surface area contributed by atoms with Crippen molar-refractivity contribution in [3.8, 4) is 6.07 Å². The van der Waals surface area contributed by atoms with Crippen LogP contribution >= 0.6 is 0 Å². The van der Waals surface area contributed by atoms with Crippen LogP contribution in [0, 0.1) is 18.3 Å². The van der Waals surface area contributed by atoms with Crippen molar-refractivity contribution in [2.45, 2.75) is 13.8 Å². The zero-order chi connectivity index (χ0) is 12.0. The highest BCUT2D eigenvalue weighted by atomic mass is 16.1. The number of carbonyl (C=O) groups excluding carboxylic acids is 1. The van der Waals surface area contributed by atoms with E-state index >= 15 is 0 Å². The lowest BCUT2D eigenvalue weighted by atomic mass is 10.1. The molecule has 0 aliphatic rings. The third-order valence-corrected chi connectivity index (χ3v) is 2.10. The van der Waals surface area contributed by atoms with Crippen LogP contribution < -0.4 is 5.32 Å². The summed E-state index contributed by atoms with van der Waals surface area (Å²) < 4.78 is 0. The summed E-state index contributed by atoms with van der Waals surface area (Å²) in [6, 6.07) is 7.85. The van der Waals surface area contributed by atoms with Gasteiger partial charge in [0.2, 0.25) is 5.91 Å². The Kier molecular flexibility index (Phi) is 4.28. The molecule has 0 spiro atoms. The van der Waals surface area contributed by atoms with Gasteiger partial charge >= 0.3 is 0 Å². The Morgan fingerprint density at radius 1 is 1.56 bits per heavy atom. The van der Waals surface area contributed by atoms with Crippen LogP contribution in [0.15, 0.2) is 24.3 Å². The number of nitrogens with one attached hydrogen (secondary N) is 1. The molecule has 0 unspecified atom stereocenters. The Morgan fingerprint density at radius 3 is 2.94 bits per heavy atom. The van der Waals surface area contributed by atoms with Gasteiger partial charge in [0.05, 0.1) is 11.6 Å². The first-order valence-electron chi connectivity index (χ1n) is 5.05. The molecule has 0 atom stereocenters. The van der Waals surface area contributed by atoms with Crippen molar-refractivity contribution in [3.05, 3.63) is 41.0 Å². The van der Waals surface area contributed by atoms with E-state index in [9.17, 15) is 4.79 Å².